The third-order valence-corrected chi connectivity index (χ3v) is 3.50. The summed E-state index contributed by atoms with van der Waals surface area (Å²) in [5.41, 5.74) is 1.45. The molecule has 2 N–H and O–H groups in total. The highest BCUT2D eigenvalue weighted by molar-refractivity contribution is 7.98. The third-order valence-electron chi connectivity index (χ3n) is 2.86. The minimum absolute atomic E-state index is 0.358. The molecule has 5 nitrogen and oxygen atoms in total. The van der Waals surface area contributed by atoms with Crippen LogP contribution in [0.2, 0.25) is 0 Å². The van der Waals surface area contributed by atoms with Crippen LogP contribution >= 0.6 is 11.8 Å². The summed E-state index contributed by atoms with van der Waals surface area (Å²) in [5.74, 6) is -0.669. The van der Waals surface area contributed by atoms with Gasteiger partial charge in [-0.05, 0) is 42.7 Å². The smallest absolute Gasteiger partial charge is 0.326 e. The highest BCUT2D eigenvalue weighted by atomic mass is 32.2. The number of hydrogen-bond donors (Lipinski definition) is 2. The molecule has 0 unspecified atom stereocenters. The standard InChI is InChI=1S/C14H20N2O3S/c1-16(2)11-6-4-10(5-7-11)13(17)15-12(14(18)19)8-9-20-3/h4-7,12H,8-9H2,1-3H3,(H,15,17)(H,18,19)/t12-/m0/s1. The van der Waals surface area contributed by atoms with Gasteiger partial charge in [0, 0.05) is 25.3 Å². The second-order valence-electron chi connectivity index (χ2n) is 4.59. The van der Waals surface area contributed by atoms with Crippen molar-refractivity contribution in [1.82, 2.24) is 5.32 Å². The van der Waals surface area contributed by atoms with E-state index < -0.39 is 12.0 Å². The van der Waals surface area contributed by atoms with E-state index in [4.69, 9.17) is 5.11 Å². The number of aliphatic carboxylic acids is 1. The van der Waals surface area contributed by atoms with E-state index in [1.165, 1.54) is 0 Å². The van der Waals surface area contributed by atoms with Crippen molar-refractivity contribution in [3.8, 4) is 0 Å². The van der Waals surface area contributed by atoms with E-state index in [0.29, 0.717) is 17.7 Å². The van der Waals surface area contributed by atoms with Crippen LogP contribution in [0.4, 0.5) is 5.69 Å². The third kappa shape index (κ3) is 4.77. The second kappa shape index (κ2) is 7.79. The molecule has 0 aliphatic carbocycles. The van der Waals surface area contributed by atoms with E-state index >= 15 is 0 Å². The molecule has 1 amide bonds. The number of rotatable bonds is 7. The molecule has 20 heavy (non-hydrogen) atoms. The van der Waals surface area contributed by atoms with Crippen LogP contribution < -0.4 is 10.2 Å². The maximum Gasteiger partial charge on any atom is 0.326 e. The first kappa shape index (κ1) is 16.4. The Morgan fingerprint density at radius 2 is 1.90 bits per heavy atom. The first-order chi connectivity index (χ1) is 9.45. The molecule has 1 atom stereocenters. The highest BCUT2D eigenvalue weighted by Crippen LogP contribution is 2.12. The fraction of sp³-hybridized carbons (Fsp3) is 0.429. The molecule has 1 rings (SSSR count). The van der Waals surface area contributed by atoms with Crippen molar-refractivity contribution in [1.29, 1.82) is 0 Å². The number of carboxylic acids is 1. The minimum atomic E-state index is -1.00. The van der Waals surface area contributed by atoms with Crippen LogP contribution in [0.25, 0.3) is 0 Å². The van der Waals surface area contributed by atoms with Crippen molar-refractivity contribution in [2.24, 2.45) is 0 Å². The second-order valence-corrected chi connectivity index (χ2v) is 5.57. The maximum atomic E-state index is 12.0. The first-order valence-electron chi connectivity index (χ1n) is 6.25. The lowest BCUT2D eigenvalue weighted by atomic mass is 10.1. The fourth-order valence-electron chi connectivity index (χ4n) is 1.65. The lowest BCUT2D eigenvalue weighted by Gasteiger charge is -2.15. The van der Waals surface area contributed by atoms with Gasteiger partial charge in [0.05, 0.1) is 0 Å². The van der Waals surface area contributed by atoms with Crippen molar-refractivity contribution in [2.75, 3.05) is 31.0 Å². The average Bonchev–Trinajstić information content (AvgIpc) is 2.42. The zero-order valence-electron chi connectivity index (χ0n) is 11.9. The van der Waals surface area contributed by atoms with Gasteiger partial charge in [0.1, 0.15) is 6.04 Å². The van der Waals surface area contributed by atoms with Crippen molar-refractivity contribution in [2.45, 2.75) is 12.5 Å². The van der Waals surface area contributed by atoms with Gasteiger partial charge < -0.3 is 15.3 Å². The van der Waals surface area contributed by atoms with Crippen LogP contribution in [0.3, 0.4) is 0 Å². The molecular weight excluding hydrogens is 276 g/mol. The number of carbonyl (C=O) groups excluding carboxylic acids is 1. The number of amides is 1. The van der Waals surface area contributed by atoms with Crippen LogP contribution in [0.15, 0.2) is 24.3 Å². The van der Waals surface area contributed by atoms with Gasteiger partial charge in [0.15, 0.2) is 0 Å². The van der Waals surface area contributed by atoms with Crippen molar-refractivity contribution < 1.29 is 14.7 Å². The number of nitrogens with zero attached hydrogens (tertiary/aromatic N) is 1. The molecule has 0 fully saturated rings. The Bertz CT molecular complexity index is 460. The summed E-state index contributed by atoms with van der Waals surface area (Å²) in [5, 5.41) is 11.6. The Morgan fingerprint density at radius 3 is 2.35 bits per heavy atom. The SMILES string of the molecule is CSCC[C@H](NC(=O)c1ccc(N(C)C)cc1)C(=O)O. The summed E-state index contributed by atoms with van der Waals surface area (Å²) < 4.78 is 0. The number of carbonyl (C=O) groups is 2. The highest BCUT2D eigenvalue weighted by Gasteiger charge is 2.20. The molecule has 0 spiro atoms. The van der Waals surface area contributed by atoms with E-state index in [1.807, 2.05) is 37.4 Å². The van der Waals surface area contributed by atoms with Gasteiger partial charge in [-0.15, -0.1) is 0 Å². The predicted octanol–water partition coefficient (Wildman–Crippen LogP) is 1.69. The normalized spacial score (nSPS) is 11.8. The zero-order chi connectivity index (χ0) is 15.1. The summed E-state index contributed by atoms with van der Waals surface area (Å²) in [6.07, 6.45) is 2.32. The van der Waals surface area contributed by atoms with Crippen molar-refractivity contribution >= 4 is 29.3 Å². The Hall–Kier alpha value is -1.69. The van der Waals surface area contributed by atoms with Gasteiger partial charge in [0.25, 0.3) is 5.91 Å². The largest absolute Gasteiger partial charge is 0.480 e. The quantitative estimate of drug-likeness (QED) is 0.801. The Labute approximate surface area is 123 Å². The summed E-state index contributed by atoms with van der Waals surface area (Å²) in [6.45, 7) is 0. The molecule has 0 radical (unpaired) electrons. The van der Waals surface area contributed by atoms with Crippen LogP contribution in [-0.4, -0.2) is 49.1 Å². The minimum Gasteiger partial charge on any atom is -0.480 e. The average molecular weight is 296 g/mol. The molecule has 1 aromatic carbocycles. The number of thioether (sulfide) groups is 1. The zero-order valence-corrected chi connectivity index (χ0v) is 12.7. The van der Waals surface area contributed by atoms with Gasteiger partial charge in [-0.3, -0.25) is 4.79 Å². The first-order valence-corrected chi connectivity index (χ1v) is 7.65. The lowest BCUT2D eigenvalue weighted by Crippen LogP contribution is -2.41. The molecule has 0 saturated heterocycles. The topological polar surface area (TPSA) is 69.6 Å². The molecule has 0 aliphatic heterocycles. The summed E-state index contributed by atoms with van der Waals surface area (Å²) >= 11 is 1.56. The number of hydrogen-bond acceptors (Lipinski definition) is 4. The summed E-state index contributed by atoms with van der Waals surface area (Å²) in [7, 11) is 3.83. The van der Waals surface area contributed by atoms with Crippen LogP contribution in [0.1, 0.15) is 16.8 Å². The molecule has 6 heteroatoms. The molecule has 110 valence electrons. The van der Waals surface area contributed by atoms with Gasteiger partial charge in [-0.2, -0.15) is 11.8 Å². The Morgan fingerprint density at radius 1 is 1.30 bits per heavy atom. The van der Waals surface area contributed by atoms with E-state index in [2.05, 4.69) is 5.32 Å². The van der Waals surface area contributed by atoms with E-state index in [-0.39, 0.29) is 5.91 Å². The van der Waals surface area contributed by atoms with Gasteiger partial charge in [-0.1, -0.05) is 0 Å². The van der Waals surface area contributed by atoms with Crippen molar-refractivity contribution in [3.63, 3.8) is 0 Å². The van der Waals surface area contributed by atoms with Crippen LogP contribution in [0.5, 0.6) is 0 Å². The van der Waals surface area contributed by atoms with Gasteiger partial charge >= 0.3 is 5.97 Å². The molecule has 0 aromatic heterocycles. The molecule has 0 bridgehead atoms. The van der Waals surface area contributed by atoms with Crippen molar-refractivity contribution in [3.05, 3.63) is 29.8 Å². The Kier molecular flexibility index (Phi) is 6.38. The predicted molar refractivity (Wildman–Crippen MR) is 82.7 cm³/mol. The molecule has 0 saturated carbocycles. The van der Waals surface area contributed by atoms with E-state index in [0.717, 1.165) is 5.69 Å². The number of carboxylic acid groups (broad SMARTS) is 1. The molecule has 0 heterocycles. The molecular formula is C14H20N2O3S. The Balaban J connectivity index is 2.70. The number of benzene rings is 1. The number of anilines is 1. The summed E-state index contributed by atoms with van der Waals surface area (Å²) in [6, 6.07) is 6.19. The number of nitrogens with one attached hydrogen (secondary N) is 1. The fourth-order valence-corrected chi connectivity index (χ4v) is 2.12. The van der Waals surface area contributed by atoms with Gasteiger partial charge in [-0.25, -0.2) is 4.79 Å². The van der Waals surface area contributed by atoms with E-state index in [9.17, 15) is 9.59 Å². The van der Waals surface area contributed by atoms with E-state index in [1.54, 1.807) is 23.9 Å². The lowest BCUT2D eigenvalue weighted by molar-refractivity contribution is -0.139. The van der Waals surface area contributed by atoms with Gasteiger partial charge in [0.2, 0.25) is 0 Å². The molecule has 1 aromatic rings. The summed E-state index contributed by atoms with van der Waals surface area (Å²) in [4.78, 5) is 25.0. The maximum absolute atomic E-state index is 12.0. The van der Waals surface area contributed by atoms with Crippen LogP contribution in [-0.2, 0) is 4.79 Å². The molecule has 0 aliphatic rings. The van der Waals surface area contributed by atoms with Crippen LogP contribution in [0, 0.1) is 0 Å². The monoisotopic (exact) mass is 296 g/mol.